The van der Waals surface area contributed by atoms with E-state index in [4.69, 9.17) is 11.6 Å². The molecular formula is C19H21ClN2O. The third-order valence-electron chi connectivity index (χ3n) is 4.43. The Hall–Kier alpha value is -1.84. The minimum atomic E-state index is 0.0189. The Morgan fingerprint density at radius 2 is 2.09 bits per heavy atom. The van der Waals surface area contributed by atoms with E-state index in [1.807, 2.05) is 12.1 Å². The van der Waals surface area contributed by atoms with Crippen LogP contribution in [0.15, 0.2) is 48.5 Å². The van der Waals surface area contributed by atoms with E-state index in [0.717, 1.165) is 25.1 Å². The van der Waals surface area contributed by atoms with Crippen molar-refractivity contribution in [2.75, 3.05) is 18.9 Å². The molecule has 1 amide bonds. The van der Waals surface area contributed by atoms with Gasteiger partial charge in [0.2, 0.25) is 5.91 Å². The minimum Gasteiger partial charge on any atom is -0.326 e. The molecule has 1 aliphatic carbocycles. The van der Waals surface area contributed by atoms with E-state index >= 15 is 0 Å². The van der Waals surface area contributed by atoms with E-state index in [1.54, 1.807) is 12.1 Å². The zero-order valence-electron chi connectivity index (χ0n) is 13.3. The molecule has 3 nitrogen and oxygen atoms in total. The molecule has 3 rings (SSSR count). The van der Waals surface area contributed by atoms with Crippen molar-refractivity contribution >= 4 is 23.2 Å². The number of nitrogens with one attached hydrogen (secondary N) is 1. The number of carbonyl (C=O) groups excluding carboxylic acids is 1. The number of halogens is 1. The number of amides is 1. The molecule has 4 heteroatoms. The summed E-state index contributed by atoms with van der Waals surface area (Å²) in [5, 5.41) is 3.53. The van der Waals surface area contributed by atoms with Crippen LogP contribution < -0.4 is 5.32 Å². The first-order valence-corrected chi connectivity index (χ1v) is 8.35. The maximum Gasteiger partial charge on any atom is 0.225 e. The van der Waals surface area contributed by atoms with Gasteiger partial charge in [0.25, 0.3) is 0 Å². The molecular weight excluding hydrogens is 308 g/mol. The van der Waals surface area contributed by atoms with Crippen molar-refractivity contribution in [3.63, 3.8) is 0 Å². The van der Waals surface area contributed by atoms with Crippen LogP contribution in [0.1, 0.15) is 30.0 Å². The smallest absolute Gasteiger partial charge is 0.225 e. The van der Waals surface area contributed by atoms with Crippen LogP contribution in [0.4, 0.5) is 5.69 Å². The van der Waals surface area contributed by atoms with Crippen LogP contribution in [0.25, 0.3) is 0 Å². The van der Waals surface area contributed by atoms with Crippen molar-refractivity contribution in [3.05, 3.63) is 64.7 Å². The topological polar surface area (TPSA) is 32.3 Å². The van der Waals surface area contributed by atoms with Gasteiger partial charge in [0.05, 0.1) is 0 Å². The Balaban J connectivity index is 1.53. The van der Waals surface area contributed by atoms with Gasteiger partial charge >= 0.3 is 0 Å². The van der Waals surface area contributed by atoms with Crippen LogP contribution in [0.5, 0.6) is 0 Å². The predicted molar refractivity (Wildman–Crippen MR) is 94.8 cm³/mol. The molecule has 1 unspecified atom stereocenters. The van der Waals surface area contributed by atoms with Gasteiger partial charge in [0.15, 0.2) is 0 Å². The van der Waals surface area contributed by atoms with E-state index in [1.165, 1.54) is 11.1 Å². The average molecular weight is 329 g/mol. The van der Waals surface area contributed by atoms with Crippen molar-refractivity contribution in [1.82, 2.24) is 4.90 Å². The number of hydrogen-bond acceptors (Lipinski definition) is 2. The van der Waals surface area contributed by atoms with Crippen LogP contribution >= 0.6 is 11.6 Å². The molecule has 2 aromatic rings. The quantitative estimate of drug-likeness (QED) is 0.888. The van der Waals surface area contributed by atoms with E-state index in [0.29, 0.717) is 17.5 Å². The van der Waals surface area contributed by atoms with Crippen molar-refractivity contribution < 1.29 is 4.79 Å². The molecule has 1 aliphatic rings. The average Bonchev–Trinajstić information content (AvgIpc) is 2.97. The molecule has 1 N–H and O–H groups in total. The summed E-state index contributed by atoms with van der Waals surface area (Å²) >= 11 is 5.93. The highest BCUT2D eigenvalue weighted by atomic mass is 35.5. The van der Waals surface area contributed by atoms with Gasteiger partial charge in [0.1, 0.15) is 0 Å². The molecule has 23 heavy (non-hydrogen) atoms. The van der Waals surface area contributed by atoms with Gasteiger partial charge in [-0.3, -0.25) is 9.69 Å². The standard InChI is InChI=1S/C19H21ClN2O/c1-22(18-10-9-14-5-2-3-8-17(14)18)12-11-19(23)21-16-7-4-6-15(20)13-16/h2-8,13,18H,9-12H2,1H3,(H,21,23). The summed E-state index contributed by atoms with van der Waals surface area (Å²) in [7, 11) is 2.10. The zero-order valence-corrected chi connectivity index (χ0v) is 14.0. The number of nitrogens with zero attached hydrogens (tertiary/aromatic N) is 1. The molecule has 0 aromatic heterocycles. The molecule has 0 radical (unpaired) electrons. The number of hydrogen-bond donors (Lipinski definition) is 1. The first kappa shape index (κ1) is 16.0. The van der Waals surface area contributed by atoms with Crippen LogP contribution in [0.2, 0.25) is 5.02 Å². The molecule has 120 valence electrons. The van der Waals surface area contributed by atoms with E-state index in [9.17, 15) is 4.79 Å². The van der Waals surface area contributed by atoms with E-state index in [2.05, 4.69) is 41.5 Å². The van der Waals surface area contributed by atoms with Gasteiger partial charge < -0.3 is 5.32 Å². The molecule has 0 fully saturated rings. The summed E-state index contributed by atoms with van der Waals surface area (Å²) in [4.78, 5) is 14.4. The monoisotopic (exact) mass is 328 g/mol. The van der Waals surface area contributed by atoms with Crippen molar-refractivity contribution in [3.8, 4) is 0 Å². The summed E-state index contributed by atoms with van der Waals surface area (Å²) in [5.41, 5.74) is 3.59. The molecule has 0 heterocycles. The fourth-order valence-electron chi connectivity index (χ4n) is 3.22. The number of carbonyl (C=O) groups is 1. The van der Waals surface area contributed by atoms with E-state index < -0.39 is 0 Å². The highest BCUT2D eigenvalue weighted by Gasteiger charge is 2.25. The van der Waals surface area contributed by atoms with Gasteiger partial charge in [0, 0.05) is 29.7 Å². The number of benzene rings is 2. The Labute approximate surface area is 142 Å². The molecule has 0 bridgehead atoms. The molecule has 0 saturated heterocycles. The second kappa shape index (κ2) is 7.16. The molecule has 0 spiro atoms. The van der Waals surface area contributed by atoms with Crippen molar-refractivity contribution in [1.29, 1.82) is 0 Å². The van der Waals surface area contributed by atoms with Crippen molar-refractivity contribution in [2.24, 2.45) is 0 Å². The van der Waals surface area contributed by atoms with Gasteiger partial charge in [-0.05, 0) is 49.2 Å². The van der Waals surface area contributed by atoms with Crippen LogP contribution in [-0.2, 0) is 11.2 Å². The lowest BCUT2D eigenvalue weighted by Gasteiger charge is -2.25. The lowest BCUT2D eigenvalue weighted by molar-refractivity contribution is -0.116. The highest BCUT2D eigenvalue weighted by Crippen LogP contribution is 2.34. The third-order valence-corrected chi connectivity index (χ3v) is 4.67. The Kier molecular flexibility index (Phi) is 4.99. The maximum atomic E-state index is 12.1. The molecule has 0 saturated carbocycles. The predicted octanol–water partition coefficient (Wildman–Crippen LogP) is 4.29. The molecule has 0 aliphatic heterocycles. The van der Waals surface area contributed by atoms with Crippen molar-refractivity contribution in [2.45, 2.75) is 25.3 Å². The summed E-state index contributed by atoms with van der Waals surface area (Å²) in [6.07, 6.45) is 2.73. The fourth-order valence-corrected chi connectivity index (χ4v) is 3.41. The molecule has 2 aromatic carbocycles. The second-order valence-corrected chi connectivity index (χ2v) is 6.48. The fraction of sp³-hybridized carbons (Fsp3) is 0.316. The lowest BCUT2D eigenvalue weighted by atomic mass is 10.1. The zero-order chi connectivity index (χ0) is 16.2. The Morgan fingerprint density at radius 1 is 1.26 bits per heavy atom. The normalized spacial score (nSPS) is 16.4. The number of aryl methyl sites for hydroxylation is 1. The number of fused-ring (bicyclic) bond motifs is 1. The number of anilines is 1. The first-order valence-electron chi connectivity index (χ1n) is 7.97. The maximum absolute atomic E-state index is 12.1. The first-order chi connectivity index (χ1) is 11.1. The summed E-state index contributed by atoms with van der Waals surface area (Å²) < 4.78 is 0. The van der Waals surface area contributed by atoms with Gasteiger partial charge in [-0.1, -0.05) is 41.9 Å². The van der Waals surface area contributed by atoms with Crippen LogP contribution in [0.3, 0.4) is 0 Å². The Bertz CT molecular complexity index is 701. The van der Waals surface area contributed by atoms with Crippen LogP contribution in [0, 0.1) is 0 Å². The largest absolute Gasteiger partial charge is 0.326 e. The SMILES string of the molecule is CN(CCC(=O)Nc1cccc(Cl)c1)C1CCc2ccccc21. The Morgan fingerprint density at radius 3 is 2.91 bits per heavy atom. The van der Waals surface area contributed by atoms with Gasteiger partial charge in [-0.2, -0.15) is 0 Å². The minimum absolute atomic E-state index is 0.0189. The highest BCUT2D eigenvalue weighted by molar-refractivity contribution is 6.30. The summed E-state index contributed by atoms with van der Waals surface area (Å²) in [5.74, 6) is 0.0189. The van der Waals surface area contributed by atoms with Gasteiger partial charge in [-0.15, -0.1) is 0 Å². The second-order valence-electron chi connectivity index (χ2n) is 6.04. The number of rotatable bonds is 5. The van der Waals surface area contributed by atoms with Crippen LogP contribution in [-0.4, -0.2) is 24.4 Å². The van der Waals surface area contributed by atoms with Gasteiger partial charge in [-0.25, -0.2) is 0 Å². The van der Waals surface area contributed by atoms with E-state index in [-0.39, 0.29) is 5.91 Å². The molecule has 1 atom stereocenters. The lowest BCUT2D eigenvalue weighted by Crippen LogP contribution is -2.27. The third kappa shape index (κ3) is 3.92. The summed E-state index contributed by atoms with van der Waals surface area (Å²) in [6.45, 7) is 0.741. The summed E-state index contributed by atoms with van der Waals surface area (Å²) in [6, 6.07) is 16.3.